The van der Waals surface area contributed by atoms with Crippen LogP contribution in [0.5, 0.6) is 0 Å². The summed E-state index contributed by atoms with van der Waals surface area (Å²) >= 11 is 0. The first kappa shape index (κ1) is 16.1. The largest absolute Gasteiger partial charge is 0.481 e. The molecule has 0 aromatic heterocycles. The lowest BCUT2D eigenvalue weighted by atomic mass is 9.80. The van der Waals surface area contributed by atoms with Gasteiger partial charge in [0.2, 0.25) is 0 Å². The maximum Gasteiger partial charge on any atom is 0.314 e. The van der Waals surface area contributed by atoms with Gasteiger partial charge in [-0.05, 0) is 19.3 Å². The zero-order valence-corrected chi connectivity index (χ0v) is 12.5. The maximum atomic E-state index is 11.8. The molecule has 1 aliphatic heterocycles. The van der Waals surface area contributed by atoms with Crippen LogP contribution < -0.4 is 10.6 Å². The number of carbonyl (C=O) groups is 2. The molecule has 2 fully saturated rings. The smallest absolute Gasteiger partial charge is 0.314 e. The van der Waals surface area contributed by atoms with Crippen LogP contribution in [0.2, 0.25) is 0 Å². The second-order valence-corrected chi connectivity index (χ2v) is 6.29. The van der Waals surface area contributed by atoms with Crippen molar-refractivity contribution in [2.75, 3.05) is 26.3 Å². The summed E-state index contributed by atoms with van der Waals surface area (Å²) in [6.07, 6.45) is 6.30. The lowest BCUT2D eigenvalue weighted by Crippen LogP contribution is -2.47. The number of ether oxygens (including phenoxy) is 1. The van der Waals surface area contributed by atoms with Gasteiger partial charge in [0.15, 0.2) is 0 Å². The zero-order valence-electron chi connectivity index (χ0n) is 12.5. The number of carboxylic acids is 1. The van der Waals surface area contributed by atoms with Crippen LogP contribution >= 0.6 is 0 Å². The summed E-state index contributed by atoms with van der Waals surface area (Å²) in [6.45, 7) is 2.26. The van der Waals surface area contributed by atoms with Crippen LogP contribution in [0, 0.1) is 11.3 Å². The van der Waals surface area contributed by atoms with Crippen molar-refractivity contribution >= 4 is 12.0 Å². The highest BCUT2D eigenvalue weighted by Gasteiger charge is 2.38. The molecule has 1 unspecified atom stereocenters. The first-order valence-corrected chi connectivity index (χ1v) is 7.95. The van der Waals surface area contributed by atoms with E-state index in [-0.39, 0.29) is 12.6 Å². The third-order valence-corrected chi connectivity index (χ3v) is 4.68. The molecule has 2 aliphatic rings. The van der Waals surface area contributed by atoms with E-state index < -0.39 is 11.4 Å². The number of nitrogens with one attached hydrogen (secondary N) is 2. The van der Waals surface area contributed by atoms with Gasteiger partial charge in [0, 0.05) is 25.6 Å². The fourth-order valence-corrected chi connectivity index (χ4v) is 3.16. The van der Waals surface area contributed by atoms with Crippen LogP contribution in [0.1, 0.15) is 44.9 Å². The summed E-state index contributed by atoms with van der Waals surface area (Å²) < 4.78 is 5.26. The lowest BCUT2D eigenvalue weighted by Gasteiger charge is -2.28. The van der Waals surface area contributed by atoms with Gasteiger partial charge in [0.05, 0.1) is 12.0 Å². The first-order chi connectivity index (χ1) is 10.1. The Hall–Kier alpha value is -1.30. The Morgan fingerprint density at radius 2 is 1.86 bits per heavy atom. The minimum absolute atomic E-state index is 0.218. The Balaban J connectivity index is 1.77. The summed E-state index contributed by atoms with van der Waals surface area (Å²) in [6, 6.07) is -0.272. The normalized spacial score (nSPS) is 25.0. The number of carboxylic acid groups (broad SMARTS) is 1. The highest BCUT2D eigenvalue weighted by molar-refractivity contribution is 5.78. The van der Waals surface area contributed by atoms with Crippen molar-refractivity contribution in [3.05, 3.63) is 0 Å². The number of amides is 2. The van der Waals surface area contributed by atoms with E-state index in [1.165, 1.54) is 0 Å². The van der Waals surface area contributed by atoms with Gasteiger partial charge in [0.1, 0.15) is 0 Å². The molecule has 0 aromatic carbocycles. The number of hydrogen-bond donors (Lipinski definition) is 3. The average Bonchev–Trinajstić information content (AvgIpc) is 2.87. The molecule has 6 nitrogen and oxygen atoms in total. The molecule has 21 heavy (non-hydrogen) atoms. The monoisotopic (exact) mass is 298 g/mol. The van der Waals surface area contributed by atoms with Crippen molar-refractivity contribution in [2.24, 2.45) is 11.3 Å². The van der Waals surface area contributed by atoms with E-state index in [1.807, 2.05) is 0 Å². The molecule has 0 spiro atoms. The third-order valence-electron chi connectivity index (χ3n) is 4.68. The van der Waals surface area contributed by atoms with Gasteiger partial charge in [-0.25, -0.2) is 4.79 Å². The van der Waals surface area contributed by atoms with Gasteiger partial charge in [-0.3, -0.25) is 4.79 Å². The van der Waals surface area contributed by atoms with Crippen LogP contribution in [-0.4, -0.2) is 43.4 Å². The summed E-state index contributed by atoms with van der Waals surface area (Å²) in [5.74, 6) is -0.407. The molecule has 6 heteroatoms. The summed E-state index contributed by atoms with van der Waals surface area (Å²) in [4.78, 5) is 23.5. The lowest BCUT2D eigenvalue weighted by molar-refractivity contribution is -0.149. The Bertz CT molecular complexity index is 359. The predicted octanol–water partition coefficient (Wildman–Crippen LogP) is 1.75. The Labute approximate surface area is 125 Å². The van der Waals surface area contributed by atoms with E-state index in [1.54, 1.807) is 0 Å². The van der Waals surface area contributed by atoms with Gasteiger partial charge in [-0.15, -0.1) is 0 Å². The molecule has 2 amide bonds. The number of aliphatic carboxylic acids is 1. The van der Waals surface area contributed by atoms with Crippen molar-refractivity contribution in [3.8, 4) is 0 Å². The fraction of sp³-hybridized carbons (Fsp3) is 0.867. The molecule has 1 atom stereocenters. The van der Waals surface area contributed by atoms with E-state index in [0.29, 0.717) is 31.9 Å². The quantitative estimate of drug-likeness (QED) is 0.675. The summed E-state index contributed by atoms with van der Waals surface area (Å²) in [5.41, 5.74) is -0.787. The Kier molecular flexibility index (Phi) is 5.85. The maximum absolute atomic E-state index is 11.8. The van der Waals surface area contributed by atoms with Crippen molar-refractivity contribution in [2.45, 2.75) is 44.9 Å². The molecule has 0 bridgehead atoms. The van der Waals surface area contributed by atoms with Gasteiger partial charge < -0.3 is 20.5 Å². The molecule has 0 aromatic rings. The van der Waals surface area contributed by atoms with Crippen molar-refractivity contribution < 1.29 is 19.4 Å². The van der Waals surface area contributed by atoms with E-state index >= 15 is 0 Å². The van der Waals surface area contributed by atoms with E-state index in [2.05, 4.69) is 10.6 Å². The Morgan fingerprint density at radius 3 is 2.43 bits per heavy atom. The van der Waals surface area contributed by atoms with Crippen LogP contribution in [0.3, 0.4) is 0 Å². The first-order valence-electron chi connectivity index (χ1n) is 7.95. The number of urea groups is 1. The van der Waals surface area contributed by atoms with Gasteiger partial charge >= 0.3 is 12.0 Å². The molecule has 120 valence electrons. The highest BCUT2D eigenvalue weighted by Crippen LogP contribution is 2.34. The number of hydrogen-bond acceptors (Lipinski definition) is 3. The van der Waals surface area contributed by atoms with Crippen LogP contribution in [0.15, 0.2) is 0 Å². The minimum atomic E-state index is -0.787. The summed E-state index contributed by atoms with van der Waals surface area (Å²) in [7, 11) is 0. The SMILES string of the molecule is O=C(NCC1CCOC1)NCC1(C(=O)O)CCCCCC1. The molecule has 1 aliphatic carbocycles. The molecule has 2 rings (SSSR count). The van der Waals surface area contributed by atoms with E-state index in [9.17, 15) is 14.7 Å². The van der Waals surface area contributed by atoms with Crippen LogP contribution in [-0.2, 0) is 9.53 Å². The second kappa shape index (κ2) is 7.64. The fourth-order valence-electron chi connectivity index (χ4n) is 3.16. The zero-order chi connectivity index (χ0) is 15.1. The molecule has 1 saturated carbocycles. The highest BCUT2D eigenvalue weighted by atomic mass is 16.5. The van der Waals surface area contributed by atoms with E-state index in [4.69, 9.17) is 4.74 Å². The van der Waals surface area contributed by atoms with Crippen molar-refractivity contribution in [1.82, 2.24) is 10.6 Å². The van der Waals surface area contributed by atoms with Crippen LogP contribution in [0.25, 0.3) is 0 Å². The third kappa shape index (κ3) is 4.59. The van der Waals surface area contributed by atoms with Gasteiger partial charge in [0.25, 0.3) is 0 Å². The van der Waals surface area contributed by atoms with Gasteiger partial charge in [-0.1, -0.05) is 25.7 Å². The second-order valence-electron chi connectivity index (χ2n) is 6.29. The number of rotatable bonds is 5. The summed E-state index contributed by atoms with van der Waals surface area (Å²) in [5, 5.41) is 15.1. The van der Waals surface area contributed by atoms with E-state index in [0.717, 1.165) is 38.7 Å². The molecule has 3 N–H and O–H groups in total. The minimum Gasteiger partial charge on any atom is -0.481 e. The Morgan fingerprint density at radius 1 is 1.14 bits per heavy atom. The van der Waals surface area contributed by atoms with Crippen LogP contribution in [0.4, 0.5) is 4.79 Å². The molecular weight excluding hydrogens is 272 g/mol. The number of carbonyl (C=O) groups excluding carboxylic acids is 1. The average molecular weight is 298 g/mol. The topological polar surface area (TPSA) is 87.7 Å². The molecule has 1 saturated heterocycles. The van der Waals surface area contributed by atoms with Gasteiger partial charge in [-0.2, -0.15) is 0 Å². The standard InChI is InChI=1S/C15H26N2O4/c18-13(19)15(6-3-1-2-4-7-15)11-17-14(20)16-9-12-5-8-21-10-12/h12H,1-11H2,(H,18,19)(H2,16,17,20). The molecular formula is C15H26N2O4. The molecule has 1 heterocycles. The predicted molar refractivity (Wildman–Crippen MR) is 78.1 cm³/mol. The molecule has 0 radical (unpaired) electrons. The van der Waals surface area contributed by atoms with Crippen molar-refractivity contribution in [1.29, 1.82) is 0 Å². The van der Waals surface area contributed by atoms with Crippen molar-refractivity contribution in [3.63, 3.8) is 0 Å².